The Labute approximate surface area is 178 Å². The maximum Gasteiger partial charge on any atom is 0.306 e. The van der Waals surface area contributed by atoms with Crippen LogP contribution in [0.2, 0.25) is 0 Å². The van der Waals surface area contributed by atoms with Crippen LogP contribution in [0.4, 0.5) is 0 Å². The molecule has 4 heteroatoms. The van der Waals surface area contributed by atoms with Gasteiger partial charge >= 0.3 is 11.9 Å². The van der Waals surface area contributed by atoms with Crippen molar-refractivity contribution in [2.45, 2.75) is 123 Å². The van der Waals surface area contributed by atoms with Crippen molar-refractivity contribution >= 4 is 11.9 Å². The summed E-state index contributed by atoms with van der Waals surface area (Å²) in [7, 11) is 0. The van der Waals surface area contributed by atoms with Crippen LogP contribution in [-0.4, -0.2) is 23.1 Å². The Kier molecular flexibility index (Phi) is 20.0. The standard InChI is InChI=1S/C25H44O4/c1-3-5-7-8-9-10-13-16-19-23(29-25(28)22-6-4-2)20-17-14-11-12-15-18-21-24(26)27/h9-10,16,19,23H,3-8,11-15,17-18,20-22H2,1-2H3,(H,26,27)/b10-9-,19-16-. The van der Waals surface area contributed by atoms with Gasteiger partial charge in [0.1, 0.15) is 6.10 Å². The van der Waals surface area contributed by atoms with E-state index in [1.54, 1.807) is 0 Å². The van der Waals surface area contributed by atoms with Crippen LogP contribution in [-0.2, 0) is 14.3 Å². The summed E-state index contributed by atoms with van der Waals surface area (Å²) in [6.07, 6.45) is 23.9. The second kappa shape index (κ2) is 21.1. The van der Waals surface area contributed by atoms with Gasteiger partial charge in [-0.25, -0.2) is 0 Å². The van der Waals surface area contributed by atoms with Crippen molar-refractivity contribution in [3.05, 3.63) is 24.3 Å². The number of carboxylic acid groups (broad SMARTS) is 1. The first kappa shape index (κ1) is 27.4. The van der Waals surface area contributed by atoms with Crippen LogP contribution in [0.3, 0.4) is 0 Å². The Bertz CT molecular complexity index is 454. The van der Waals surface area contributed by atoms with Gasteiger partial charge in [0.2, 0.25) is 0 Å². The van der Waals surface area contributed by atoms with Crippen LogP contribution in [0.25, 0.3) is 0 Å². The monoisotopic (exact) mass is 408 g/mol. The van der Waals surface area contributed by atoms with Gasteiger partial charge in [0.25, 0.3) is 0 Å². The van der Waals surface area contributed by atoms with Crippen molar-refractivity contribution in [3.63, 3.8) is 0 Å². The second-order valence-electron chi connectivity index (χ2n) is 7.82. The number of hydrogen-bond acceptors (Lipinski definition) is 3. The lowest BCUT2D eigenvalue weighted by Crippen LogP contribution is -2.16. The first-order valence-corrected chi connectivity index (χ1v) is 11.8. The third kappa shape index (κ3) is 21.0. The lowest BCUT2D eigenvalue weighted by Gasteiger charge is -2.14. The zero-order valence-electron chi connectivity index (χ0n) is 18.9. The first-order chi connectivity index (χ1) is 14.1. The van der Waals surface area contributed by atoms with E-state index in [4.69, 9.17) is 9.84 Å². The highest BCUT2D eigenvalue weighted by molar-refractivity contribution is 5.69. The van der Waals surface area contributed by atoms with E-state index in [0.717, 1.165) is 70.6 Å². The van der Waals surface area contributed by atoms with Gasteiger partial charge in [0, 0.05) is 12.8 Å². The number of aliphatic carboxylic acids is 1. The summed E-state index contributed by atoms with van der Waals surface area (Å²) in [4.78, 5) is 22.5. The number of unbranched alkanes of at least 4 members (excludes halogenated alkanes) is 9. The number of carboxylic acids is 1. The van der Waals surface area contributed by atoms with Gasteiger partial charge in [-0.2, -0.15) is 0 Å². The Morgan fingerprint density at radius 3 is 2.17 bits per heavy atom. The molecular formula is C25H44O4. The fraction of sp³-hybridized carbons (Fsp3) is 0.760. The SMILES string of the molecule is CCCCC/C=C\C/C=C\C(CCCCCCCCC(=O)O)OC(=O)CCCC. The molecule has 0 spiro atoms. The van der Waals surface area contributed by atoms with Gasteiger partial charge in [-0.3, -0.25) is 9.59 Å². The molecule has 0 rings (SSSR count). The molecule has 1 unspecified atom stereocenters. The van der Waals surface area contributed by atoms with E-state index < -0.39 is 5.97 Å². The lowest BCUT2D eigenvalue weighted by atomic mass is 10.1. The van der Waals surface area contributed by atoms with Crippen molar-refractivity contribution in [3.8, 4) is 0 Å². The number of esters is 1. The molecular weight excluding hydrogens is 364 g/mol. The number of rotatable bonds is 20. The Balaban J connectivity index is 4.14. The van der Waals surface area contributed by atoms with E-state index in [1.165, 1.54) is 19.3 Å². The molecule has 4 nitrogen and oxygen atoms in total. The quantitative estimate of drug-likeness (QED) is 0.130. The summed E-state index contributed by atoms with van der Waals surface area (Å²) < 4.78 is 5.67. The Hall–Kier alpha value is -1.58. The molecule has 0 aliphatic rings. The molecule has 168 valence electrons. The maximum atomic E-state index is 12.0. The molecule has 0 radical (unpaired) electrons. The van der Waals surface area contributed by atoms with Crippen LogP contribution >= 0.6 is 0 Å². The Morgan fingerprint density at radius 2 is 1.48 bits per heavy atom. The topological polar surface area (TPSA) is 63.6 Å². The number of hydrogen-bond donors (Lipinski definition) is 1. The average Bonchev–Trinajstić information content (AvgIpc) is 2.69. The fourth-order valence-corrected chi connectivity index (χ4v) is 3.11. The van der Waals surface area contributed by atoms with Crippen LogP contribution in [0.1, 0.15) is 117 Å². The van der Waals surface area contributed by atoms with E-state index in [0.29, 0.717) is 6.42 Å². The zero-order chi connectivity index (χ0) is 21.6. The van der Waals surface area contributed by atoms with Gasteiger partial charge in [0.15, 0.2) is 0 Å². The third-order valence-corrected chi connectivity index (χ3v) is 4.91. The Morgan fingerprint density at radius 1 is 0.793 bits per heavy atom. The van der Waals surface area contributed by atoms with Crippen LogP contribution in [0, 0.1) is 0 Å². The van der Waals surface area contributed by atoms with Crippen molar-refractivity contribution in [1.29, 1.82) is 0 Å². The highest BCUT2D eigenvalue weighted by atomic mass is 16.5. The predicted molar refractivity (Wildman–Crippen MR) is 121 cm³/mol. The average molecular weight is 409 g/mol. The van der Waals surface area contributed by atoms with E-state index in [2.05, 4.69) is 32.1 Å². The molecule has 0 heterocycles. The summed E-state index contributed by atoms with van der Waals surface area (Å²) in [5, 5.41) is 8.64. The van der Waals surface area contributed by atoms with E-state index in [1.807, 2.05) is 6.08 Å². The van der Waals surface area contributed by atoms with Gasteiger partial charge in [-0.15, -0.1) is 0 Å². The molecule has 0 aliphatic carbocycles. The summed E-state index contributed by atoms with van der Waals surface area (Å²) in [6, 6.07) is 0. The van der Waals surface area contributed by atoms with Crippen molar-refractivity contribution in [1.82, 2.24) is 0 Å². The summed E-state index contributed by atoms with van der Waals surface area (Å²) in [5.41, 5.74) is 0. The van der Waals surface area contributed by atoms with Gasteiger partial charge < -0.3 is 9.84 Å². The maximum absolute atomic E-state index is 12.0. The minimum Gasteiger partial charge on any atom is -0.481 e. The van der Waals surface area contributed by atoms with E-state index in [9.17, 15) is 9.59 Å². The van der Waals surface area contributed by atoms with Crippen LogP contribution in [0.5, 0.6) is 0 Å². The summed E-state index contributed by atoms with van der Waals surface area (Å²) >= 11 is 0. The number of carbonyl (C=O) groups is 2. The minimum atomic E-state index is -0.708. The molecule has 0 amide bonds. The third-order valence-electron chi connectivity index (χ3n) is 4.91. The molecule has 0 aromatic rings. The van der Waals surface area contributed by atoms with Crippen molar-refractivity contribution in [2.24, 2.45) is 0 Å². The highest BCUT2D eigenvalue weighted by Gasteiger charge is 2.11. The van der Waals surface area contributed by atoms with E-state index >= 15 is 0 Å². The molecule has 0 aliphatic heterocycles. The lowest BCUT2D eigenvalue weighted by molar-refractivity contribution is -0.147. The largest absolute Gasteiger partial charge is 0.481 e. The van der Waals surface area contributed by atoms with Crippen molar-refractivity contribution in [2.75, 3.05) is 0 Å². The van der Waals surface area contributed by atoms with Crippen molar-refractivity contribution < 1.29 is 19.4 Å². The molecule has 0 aromatic heterocycles. The minimum absolute atomic E-state index is 0.0923. The molecule has 29 heavy (non-hydrogen) atoms. The highest BCUT2D eigenvalue weighted by Crippen LogP contribution is 2.14. The smallest absolute Gasteiger partial charge is 0.306 e. The van der Waals surface area contributed by atoms with E-state index in [-0.39, 0.29) is 18.5 Å². The van der Waals surface area contributed by atoms with Gasteiger partial charge in [-0.05, 0) is 51.0 Å². The molecule has 0 bridgehead atoms. The second-order valence-corrected chi connectivity index (χ2v) is 7.82. The predicted octanol–water partition coefficient (Wildman–Crippen LogP) is 7.38. The van der Waals surface area contributed by atoms with Gasteiger partial charge in [-0.1, -0.05) is 77.0 Å². The molecule has 0 aromatic carbocycles. The molecule has 0 saturated heterocycles. The number of carbonyl (C=O) groups excluding carboxylic acids is 1. The summed E-state index contributed by atoms with van der Waals surface area (Å²) in [5.74, 6) is -0.800. The van der Waals surface area contributed by atoms with Crippen LogP contribution < -0.4 is 0 Å². The molecule has 0 saturated carbocycles. The molecule has 0 fully saturated rings. The number of ether oxygens (including phenoxy) is 1. The number of allylic oxidation sites excluding steroid dienone is 3. The zero-order valence-corrected chi connectivity index (χ0v) is 18.9. The molecule has 1 N–H and O–H groups in total. The van der Waals surface area contributed by atoms with Crippen LogP contribution in [0.15, 0.2) is 24.3 Å². The summed E-state index contributed by atoms with van der Waals surface area (Å²) in [6.45, 7) is 4.29. The van der Waals surface area contributed by atoms with Gasteiger partial charge in [0.05, 0.1) is 0 Å². The normalized spacial score (nSPS) is 12.6. The fourth-order valence-electron chi connectivity index (χ4n) is 3.11. The first-order valence-electron chi connectivity index (χ1n) is 11.8. The molecule has 1 atom stereocenters.